The Bertz CT molecular complexity index is 614. The molecule has 0 fully saturated rings. The van der Waals surface area contributed by atoms with Crippen LogP contribution in [0.25, 0.3) is 10.2 Å². The summed E-state index contributed by atoms with van der Waals surface area (Å²) in [5, 5.41) is 4.50. The Morgan fingerprint density at radius 1 is 1.53 bits per heavy atom. The second-order valence-corrected chi connectivity index (χ2v) is 7.34. The van der Waals surface area contributed by atoms with Gasteiger partial charge in [0.1, 0.15) is 10.6 Å². The molecule has 2 aromatic rings. The summed E-state index contributed by atoms with van der Waals surface area (Å²) in [5.74, 6) is 1.30. The third-order valence-corrected chi connectivity index (χ3v) is 4.94. The van der Waals surface area contributed by atoms with Crippen molar-refractivity contribution in [2.45, 2.75) is 26.3 Å². The first-order chi connectivity index (χ1) is 8.99. The number of anilines is 1. The zero-order chi connectivity index (χ0) is 14.0. The van der Waals surface area contributed by atoms with Crippen LogP contribution in [-0.4, -0.2) is 32.2 Å². The van der Waals surface area contributed by atoms with Crippen LogP contribution >= 0.6 is 22.9 Å². The van der Waals surface area contributed by atoms with Gasteiger partial charge in [-0.1, -0.05) is 6.92 Å². The van der Waals surface area contributed by atoms with Crippen molar-refractivity contribution in [3.63, 3.8) is 0 Å². The van der Waals surface area contributed by atoms with Gasteiger partial charge in [0, 0.05) is 33.7 Å². The Balaban J connectivity index is 2.35. The first-order valence-corrected chi connectivity index (χ1v) is 8.94. The average molecular weight is 318 g/mol. The molecule has 0 aromatic carbocycles. The minimum Gasteiger partial charge on any atom is -0.366 e. The zero-order valence-electron chi connectivity index (χ0n) is 11.1. The standard InChI is InChI=1S/C12H16ClN3OS2/c1-4-8-5-9-10(14-7(2)6-19(3)17)15-12(13)16-11(9)18-8/h5,7H,4,6H2,1-3H3,(H,14,15,16). The van der Waals surface area contributed by atoms with Gasteiger partial charge in [-0.3, -0.25) is 4.21 Å². The van der Waals surface area contributed by atoms with Crippen LogP contribution in [-0.2, 0) is 17.2 Å². The van der Waals surface area contributed by atoms with Gasteiger partial charge in [-0.2, -0.15) is 0 Å². The van der Waals surface area contributed by atoms with E-state index >= 15 is 0 Å². The minimum absolute atomic E-state index is 0.0741. The monoisotopic (exact) mass is 317 g/mol. The number of thiophene rings is 1. The molecule has 0 spiro atoms. The molecule has 2 atom stereocenters. The fourth-order valence-electron chi connectivity index (χ4n) is 1.86. The van der Waals surface area contributed by atoms with Gasteiger partial charge in [-0.15, -0.1) is 11.3 Å². The van der Waals surface area contributed by atoms with E-state index in [1.165, 1.54) is 4.88 Å². The maximum absolute atomic E-state index is 11.2. The van der Waals surface area contributed by atoms with Crippen LogP contribution in [0.5, 0.6) is 0 Å². The summed E-state index contributed by atoms with van der Waals surface area (Å²) < 4.78 is 11.2. The number of hydrogen-bond donors (Lipinski definition) is 1. The molecule has 2 rings (SSSR count). The van der Waals surface area contributed by atoms with Gasteiger partial charge >= 0.3 is 0 Å². The molecule has 2 unspecified atom stereocenters. The van der Waals surface area contributed by atoms with Crippen molar-refractivity contribution in [1.29, 1.82) is 0 Å². The molecule has 0 aliphatic heterocycles. The molecule has 0 amide bonds. The average Bonchev–Trinajstić information content (AvgIpc) is 2.70. The SMILES string of the molecule is CCc1cc2c(NC(C)CS(C)=O)nc(Cl)nc2s1. The molecular weight excluding hydrogens is 302 g/mol. The largest absolute Gasteiger partial charge is 0.366 e. The van der Waals surface area contributed by atoms with E-state index in [9.17, 15) is 4.21 Å². The Morgan fingerprint density at radius 2 is 2.26 bits per heavy atom. The van der Waals surface area contributed by atoms with Crippen LogP contribution < -0.4 is 5.32 Å². The van der Waals surface area contributed by atoms with Gasteiger partial charge < -0.3 is 5.32 Å². The molecule has 0 aliphatic carbocycles. The fraction of sp³-hybridized carbons (Fsp3) is 0.500. The summed E-state index contributed by atoms with van der Waals surface area (Å²) in [5.41, 5.74) is 0. The maximum atomic E-state index is 11.2. The Morgan fingerprint density at radius 3 is 2.89 bits per heavy atom. The zero-order valence-corrected chi connectivity index (χ0v) is 13.5. The van der Waals surface area contributed by atoms with Crippen LogP contribution in [0.4, 0.5) is 5.82 Å². The van der Waals surface area contributed by atoms with Crippen LogP contribution in [0.3, 0.4) is 0 Å². The molecule has 1 N–H and O–H groups in total. The fourth-order valence-corrected chi connectivity index (χ4v) is 3.83. The topological polar surface area (TPSA) is 54.9 Å². The second-order valence-electron chi connectivity index (χ2n) is 4.41. The number of rotatable bonds is 5. The van der Waals surface area contributed by atoms with Crippen molar-refractivity contribution >= 4 is 49.8 Å². The normalized spacial score (nSPS) is 14.5. The van der Waals surface area contributed by atoms with Crippen LogP contribution in [0.15, 0.2) is 6.07 Å². The van der Waals surface area contributed by atoms with E-state index < -0.39 is 10.8 Å². The molecule has 0 saturated heterocycles. The highest BCUT2D eigenvalue weighted by Crippen LogP contribution is 2.30. The Hall–Kier alpha value is -0.720. The van der Waals surface area contributed by atoms with E-state index in [0.29, 0.717) is 5.75 Å². The first kappa shape index (κ1) is 14.7. The van der Waals surface area contributed by atoms with Crippen molar-refractivity contribution in [1.82, 2.24) is 9.97 Å². The number of fused-ring (bicyclic) bond motifs is 1. The van der Waals surface area contributed by atoms with Gasteiger partial charge in [-0.25, -0.2) is 9.97 Å². The van der Waals surface area contributed by atoms with Crippen LogP contribution in [0, 0.1) is 0 Å². The number of aromatic nitrogens is 2. The molecule has 2 aromatic heterocycles. The lowest BCUT2D eigenvalue weighted by atomic mass is 10.3. The summed E-state index contributed by atoms with van der Waals surface area (Å²) >= 11 is 7.58. The quantitative estimate of drug-likeness (QED) is 0.861. The molecule has 104 valence electrons. The van der Waals surface area contributed by atoms with E-state index in [-0.39, 0.29) is 11.3 Å². The third-order valence-electron chi connectivity index (χ3n) is 2.63. The summed E-state index contributed by atoms with van der Waals surface area (Å²) in [6.07, 6.45) is 2.66. The number of nitrogens with zero attached hydrogens (tertiary/aromatic N) is 2. The van der Waals surface area contributed by atoms with Crippen molar-refractivity contribution < 1.29 is 4.21 Å². The number of hydrogen-bond acceptors (Lipinski definition) is 5. The lowest BCUT2D eigenvalue weighted by Gasteiger charge is -2.13. The van der Waals surface area contributed by atoms with E-state index in [1.54, 1.807) is 17.6 Å². The molecular formula is C12H16ClN3OS2. The smallest absolute Gasteiger partial charge is 0.225 e. The van der Waals surface area contributed by atoms with Gasteiger partial charge in [-0.05, 0) is 31.0 Å². The molecule has 2 heterocycles. The lowest BCUT2D eigenvalue weighted by Crippen LogP contribution is -2.23. The van der Waals surface area contributed by atoms with Crippen LogP contribution in [0.2, 0.25) is 5.28 Å². The van der Waals surface area contributed by atoms with Gasteiger partial charge in [0.05, 0.1) is 5.39 Å². The molecule has 19 heavy (non-hydrogen) atoms. The maximum Gasteiger partial charge on any atom is 0.225 e. The predicted molar refractivity (Wildman–Crippen MR) is 83.8 cm³/mol. The molecule has 0 radical (unpaired) electrons. The van der Waals surface area contributed by atoms with Crippen molar-refractivity contribution in [3.8, 4) is 0 Å². The highest BCUT2D eigenvalue weighted by molar-refractivity contribution is 7.84. The Labute approximate surface area is 124 Å². The van der Waals surface area contributed by atoms with Gasteiger partial charge in [0.15, 0.2) is 0 Å². The lowest BCUT2D eigenvalue weighted by molar-refractivity contribution is 0.683. The molecule has 0 bridgehead atoms. The van der Waals surface area contributed by atoms with E-state index in [2.05, 4.69) is 28.3 Å². The van der Waals surface area contributed by atoms with Gasteiger partial charge in [0.25, 0.3) is 0 Å². The second kappa shape index (κ2) is 6.15. The highest BCUT2D eigenvalue weighted by Gasteiger charge is 2.13. The van der Waals surface area contributed by atoms with Crippen molar-refractivity contribution in [3.05, 3.63) is 16.2 Å². The van der Waals surface area contributed by atoms with Crippen molar-refractivity contribution in [2.75, 3.05) is 17.3 Å². The van der Waals surface area contributed by atoms with E-state index in [0.717, 1.165) is 22.5 Å². The number of aryl methyl sites for hydroxylation is 1. The van der Waals surface area contributed by atoms with E-state index in [1.807, 2.05) is 6.92 Å². The third kappa shape index (κ3) is 3.64. The van der Waals surface area contributed by atoms with E-state index in [4.69, 9.17) is 11.6 Å². The molecule has 0 aliphatic rings. The molecule has 0 saturated carbocycles. The summed E-state index contributed by atoms with van der Waals surface area (Å²) in [6.45, 7) is 4.09. The molecule has 4 nitrogen and oxygen atoms in total. The Kier molecular flexibility index (Phi) is 4.76. The van der Waals surface area contributed by atoms with Crippen LogP contribution in [0.1, 0.15) is 18.7 Å². The van der Waals surface area contributed by atoms with Crippen molar-refractivity contribution in [2.24, 2.45) is 0 Å². The minimum atomic E-state index is -0.841. The number of halogens is 1. The predicted octanol–water partition coefficient (Wildman–Crippen LogP) is 3.09. The summed E-state index contributed by atoms with van der Waals surface area (Å²) in [7, 11) is -0.841. The number of nitrogens with one attached hydrogen (secondary N) is 1. The highest BCUT2D eigenvalue weighted by atomic mass is 35.5. The first-order valence-electron chi connectivity index (χ1n) is 6.02. The van der Waals surface area contributed by atoms with Gasteiger partial charge in [0.2, 0.25) is 5.28 Å². The molecule has 7 heteroatoms. The summed E-state index contributed by atoms with van der Waals surface area (Å²) in [6, 6.07) is 2.17. The summed E-state index contributed by atoms with van der Waals surface area (Å²) in [4.78, 5) is 10.6.